The lowest BCUT2D eigenvalue weighted by Gasteiger charge is -2.37. The highest BCUT2D eigenvalue weighted by atomic mass is 14.5. The van der Waals surface area contributed by atoms with Crippen molar-refractivity contribution < 1.29 is 0 Å². The maximum Gasteiger partial charge on any atom is 0.0676 e. The van der Waals surface area contributed by atoms with Gasteiger partial charge in [0.05, 0.1) is 5.41 Å². The predicted molar refractivity (Wildman–Crippen MR) is 294 cm³/mol. The monoisotopic (exact) mass is 900 g/mol. The summed E-state index contributed by atoms with van der Waals surface area (Å²) in [5.41, 5.74) is 25.7. The average Bonchev–Trinajstić information content (AvgIpc) is 3.73. The molecule has 0 amide bonds. The molecule has 0 fully saturated rings. The molecule has 9 aliphatic carbocycles. The summed E-state index contributed by atoms with van der Waals surface area (Å²) in [5, 5.41) is 2.84. The fourth-order valence-electron chi connectivity index (χ4n) is 13.5. The van der Waals surface area contributed by atoms with E-state index < -0.39 is 0 Å². The Kier molecular flexibility index (Phi) is 10.9. The minimum atomic E-state index is -0.295. The van der Waals surface area contributed by atoms with Gasteiger partial charge in [-0.25, -0.2) is 0 Å². The van der Waals surface area contributed by atoms with Gasteiger partial charge in [0.25, 0.3) is 0 Å². The number of benzene rings is 4. The van der Waals surface area contributed by atoms with Gasteiger partial charge in [-0.2, -0.15) is 0 Å². The number of rotatable bonds is 8. The molecule has 0 saturated heterocycles. The summed E-state index contributed by atoms with van der Waals surface area (Å²) in [6, 6.07) is 36.9. The van der Waals surface area contributed by atoms with Crippen LogP contribution >= 0.6 is 0 Å². The molecule has 3 unspecified atom stereocenters. The highest BCUT2D eigenvalue weighted by molar-refractivity contribution is 5.86. The average molecular weight is 901 g/mol. The third-order valence-electron chi connectivity index (χ3n) is 17.0. The van der Waals surface area contributed by atoms with Crippen molar-refractivity contribution in [3.63, 3.8) is 0 Å². The van der Waals surface area contributed by atoms with Crippen molar-refractivity contribution in [1.82, 2.24) is 0 Å². The van der Waals surface area contributed by atoms with Crippen LogP contribution in [0.2, 0.25) is 0 Å². The third kappa shape index (κ3) is 7.34. The van der Waals surface area contributed by atoms with E-state index in [1.807, 2.05) is 0 Å². The SMILES string of the molecule is Cc1ccc(C2(C3=CC=C(C4=CC=C(C5=c6ccccc6=C(C6=CC=C(C=CC7=CC=C(C8=CC=C9C=CC=CC9C8)CC7)CC6)C6C=CC=CC56)CC4)CC3)c3ccccc3-c3ccccc32)cc1. The fraction of sp³-hybridized carbons (Fsp3) is 0.200. The standard InChI is InChI=1S/C70H60/c1-47-22-42-58(43-23-47)70(66-20-10-8-14-60(66)61-15-9-11-21-67(61)70)59-44-40-52(41-45-59)51-34-37-55(38-35-51)69-64-18-6-4-16-62(64)68(63-17-5-7-19-65(63)69)54-32-28-49(29-33-54)25-24-48-26-30-53(31-27-48)57-39-36-50-12-2-3-13-56(50)46-57/h2-26,28,30,32,34,36-37,39-40,42-44,56,62,64H,27,29,31,33,35,38,41,45-46H2,1H3. The molecule has 0 radical (unpaired) electrons. The van der Waals surface area contributed by atoms with Gasteiger partial charge >= 0.3 is 0 Å². The Morgan fingerprint density at radius 3 is 1.51 bits per heavy atom. The first-order chi connectivity index (χ1) is 34.6. The van der Waals surface area contributed by atoms with Crippen LogP contribution < -0.4 is 10.4 Å². The van der Waals surface area contributed by atoms with Gasteiger partial charge in [0.15, 0.2) is 0 Å². The topological polar surface area (TPSA) is 0 Å². The number of aryl methyl sites for hydroxylation is 1. The van der Waals surface area contributed by atoms with Crippen LogP contribution in [0.25, 0.3) is 22.3 Å². The minimum absolute atomic E-state index is 0.295. The molecule has 70 heavy (non-hydrogen) atoms. The molecule has 3 atom stereocenters. The van der Waals surface area contributed by atoms with Crippen LogP contribution in [0.1, 0.15) is 80.0 Å². The molecular weight excluding hydrogens is 841 g/mol. The molecule has 4 aromatic carbocycles. The molecule has 13 rings (SSSR count). The number of hydrogen-bond acceptors (Lipinski definition) is 0. The van der Waals surface area contributed by atoms with Gasteiger partial charge < -0.3 is 0 Å². The van der Waals surface area contributed by atoms with E-state index in [4.69, 9.17) is 0 Å². The number of hydrogen-bond donors (Lipinski definition) is 0. The smallest absolute Gasteiger partial charge is 0.0676 e. The maximum absolute atomic E-state index is 2.50. The van der Waals surface area contributed by atoms with E-state index >= 15 is 0 Å². The summed E-state index contributed by atoms with van der Waals surface area (Å²) < 4.78 is 0. The van der Waals surface area contributed by atoms with Crippen molar-refractivity contribution in [3.05, 3.63) is 307 Å². The normalized spacial score (nSPS) is 23.8. The lowest BCUT2D eigenvalue weighted by atomic mass is 9.64. The van der Waals surface area contributed by atoms with E-state index in [0.29, 0.717) is 17.8 Å². The summed E-state index contributed by atoms with van der Waals surface area (Å²) >= 11 is 0. The van der Waals surface area contributed by atoms with Crippen molar-refractivity contribution in [3.8, 4) is 11.1 Å². The Hall–Kier alpha value is -7.28. The van der Waals surface area contributed by atoms with Gasteiger partial charge in [-0.3, -0.25) is 0 Å². The van der Waals surface area contributed by atoms with Gasteiger partial charge in [0.2, 0.25) is 0 Å². The van der Waals surface area contributed by atoms with E-state index in [9.17, 15) is 0 Å². The molecule has 0 heteroatoms. The molecule has 0 nitrogen and oxygen atoms in total. The van der Waals surface area contributed by atoms with Gasteiger partial charge in [0.1, 0.15) is 0 Å². The summed E-state index contributed by atoms with van der Waals surface area (Å²) in [6.45, 7) is 2.19. The molecule has 0 aromatic heterocycles. The lowest BCUT2D eigenvalue weighted by Crippen LogP contribution is -2.40. The van der Waals surface area contributed by atoms with Crippen molar-refractivity contribution in [2.24, 2.45) is 17.8 Å². The number of allylic oxidation sites excluding steroid dienone is 30. The molecule has 0 bridgehead atoms. The second-order valence-corrected chi connectivity index (χ2v) is 20.8. The maximum atomic E-state index is 2.50. The van der Waals surface area contributed by atoms with E-state index in [1.54, 1.807) is 0 Å². The fourth-order valence-corrected chi connectivity index (χ4v) is 13.5. The lowest BCUT2D eigenvalue weighted by molar-refractivity contribution is 0.670. The first-order valence-electron chi connectivity index (χ1n) is 26.1. The van der Waals surface area contributed by atoms with Crippen LogP contribution in [0.5, 0.6) is 0 Å². The first-order valence-corrected chi connectivity index (χ1v) is 26.1. The van der Waals surface area contributed by atoms with Gasteiger partial charge in [0, 0.05) is 17.8 Å². The van der Waals surface area contributed by atoms with Crippen LogP contribution in [0.4, 0.5) is 0 Å². The summed E-state index contributed by atoms with van der Waals surface area (Å²) in [4.78, 5) is 0. The van der Waals surface area contributed by atoms with Crippen molar-refractivity contribution in [2.45, 2.75) is 70.1 Å². The van der Waals surface area contributed by atoms with Crippen LogP contribution in [0.3, 0.4) is 0 Å². The van der Waals surface area contributed by atoms with E-state index in [0.717, 1.165) is 57.8 Å². The quantitative estimate of drug-likeness (QED) is 0.165. The minimum Gasteiger partial charge on any atom is -0.0767 e. The molecule has 340 valence electrons. The molecular formula is C70H60. The Labute approximate surface area is 415 Å². The molecule has 0 spiro atoms. The highest BCUT2D eigenvalue weighted by Crippen LogP contribution is 2.58. The zero-order valence-corrected chi connectivity index (χ0v) is 40.4. The highest BCUT2D eigenvalue weighted by Gasteiger charge is 2.47. The van der Waals surface area contributed by atoms with Crippen LogP contribution in [0.15, 0.2) is 274 Å². The number of fused-ring (bicyclic) bond motifs is 6. The molecule has 0 N–H and O–H groups in total. The van der Waals surface area contributed by atoms with Gasteiger partial charge in [-0.05, 0) is 164 Å². The van der Waals surface area contributed by atoms with Crippen LogP contribution in [0, 0.1) is 24.7 Å². The van der Waals surface area contributed by atoms with Crippen LogP contribution in [-0.4, -0.2) is 0 Å². The molecule has 4 aromatic rings. The summed E-state index contributed by atoms with van der Waals surface area (Å²) in [6.07, 6.45) is 57.2. The van der Waals surface area contributed by atoms with Crippen molar-refractivity contribution >= 4 is 11.1 Å². The van der Waals surface area contributed by atoms with E-state index in [1.165, 1.54) is 111 Å². The predicted octanol–water partition coefficient (Wildman–Crippen LogP) is 15.8. The zero-order chi connectivity index (χ0) is 46.6. The molecule has 0 aliphatic heterocycles. The molecule has 0 heterocycles. The van der Waals surface area contributed by atoms with Gasteiger partial charge in [-0.1, -0.05) is 230 Å². The van der Waals surface area contributed by atoms with Crippen LogP contribution in [-0.2, 0) is 5.41 Å². The summed E-state index contributed by atoms with van der Waals surface area (Å²) in [7, 11) is 0. The second-order valence-electron chi connectivity index (χ2n) is 20.8. The Bertz CT molecular complexity index is 3450. The largest absolute Gasteiger partial charge is 0.0767 e. The Morgan fingerprint density at radius 2 is 0.929 bits per heavy atom. The molecule has 0 saturated carbocycles. The summed E-state index contributed by atoms with van der Waals surface area (Å²) in [5.74, 6) is 1.18. The second kappa shape index (κ2) is 17.9. The Morgan fingerprint density at radius 1 is 0.429 bits per heavy atom. The third-order valence-corrected chi connectivity index (χ3v) is 17.0. The Balaban J connectivity index is 0.793. The van der Waals surface area contributed by atoms with Crippen molar-refractivity contribution in [1.29, 1.82) is 0 Å². The van der Waals surface area contributed by atoms with E-state index in [-0.39, 0.29) is 5.41 Å². The van der Waals surface area contributed by atoms with Crippen molar-refractivity contribution in [2.75, 3.05) is 0 Å². The molecule has 9 aliphatic rings. The van der Waals surface area contributed by atoms with E-state index in [2.05, 4.69) is 226 Å². The zero-order valence-electron chi connectivity index (χ0n) is 40.4. The van der Waals surface area contributed by atoms with Gasteiger partial charge in [-0.15, -0.1) is 0 Å². The first kappa shape index (κ1) is 42.8.